The van der Waals surface area contributed by atoms with E-state index in [9.17, 15) is 14.0 Å². The third kappa shape index (κ3) is 5.45. The molecule has 0 aliphatic rings. The van der Waals surface area contributed by atoms with Crippen molar-refractivity contribution in [3.63, 3.8) is 0 Å². The number of anilines is 1. The molecule has 0 aliphatic carbocycles. The highest BCUT2D eigenvalue weighted by Crippen LogP contribution is 2.09. The molecule has 3 nitrogen and oxygen atoms in total. The fraction of sp³-hybridized carbons (Fsp3) is 0.333. The van der Waals surface area contributed by atoms with Crippen molar-refractivity contribution in [2.24, 2.45) is 0 Å². The highest BCUT2D eigenvalue weighted by atomic mass is 35.5. The van der Waals surface area contributed by atoms with E-state index in [0.717, 1.165) is 0 Å². The van der Waals surface area contributed by atoms with Gasteiger partial charge < -0.3 is 5.32 Å². The minimum atomic E-state index is -0.435. The Balaban J connectivity index is 2.42. The SMILES string of the molecule is O=C(CCCCl)CC(=O)Nc1cccc(F)c1. The second-order valence-corrected chi connectivity index (χ2v) is 3.94. The Hall–Kier alpha value is -1.42. The van der Waals surface area contributed by atoms with Crippen molar-refractivity contribution < 1.29 is 14.0 Å². The van der Waals surface area contributed by atoms with Crippen LogP contribution >= 0.6 is 11.6 Å². The van der Waals surface area contributed by atoms with Gasteiger partial charge >= 0.3 is 0 Å². The first-order valence-corrected chi connectivity index (χ1v) is 5.78. The van der Waals surface area contributed by atoms with Crippen LogP contribution in [0.2, 0.25) is 0 Å². The molecule has 0 heterocycles. The van der Waals surface area contributed by atoms with Crippen molar-refractivity contribution in [2.45, 2.75) is 19.3 Å². The van der Waals surface area contributed by atoms with E-state index in [2.05, 4.69) is 5.32 Å². The van der Waals surface area contributed by atoms with Crippen LogP contribution in [0.1, 0.15) is 19.3 Å². The number of hydrogen-bond acceptors (Lipinski definition) is 2. The molecule has 17 heavy (non-hydrogen) atoms. The maximum Gasteiger partial charge on any atom is 0.231 e. The van der Waals surface area contributed by atoms with Crippen molar-refractivity contribution in [1.29, 1.82) is 0 Å². The number of rotatable bonds is 6. The van der Waals surface area contributed by atoms with Gasteiger partial charge in [-0.2, -0.15) is 0 Å². The van der Waals surface area contributed by atoms with E-state index in [0.29, 0.717) is 24.4 Å². The van der Waals surface area contributed by atoms with Gasteiger partial charge in [0.25, 0.3) is 0 Å². The molecule has 0 unspecified atom stereocenters. The lowest BCUT2D eigenvalue weighted by atomic mass is 10.1. The Morgan fingerprint density at radius 3 is 2.76 bits per heavy atom. The summed E-state index contributed by atoms with van der Waals surface area (Å²) in [4.78, 5) is 22.7. The maximum absolute atomic E-state index is 12.8. The van der Waals surface area contributed by atoms with E-state index in [4.69, 9.17) is 11.6 Å². The molecule has 5 heteroatoms. The van der Waals surface area contributed by atoms with E-state index in [1.165, 1.54) is 18.2 Å². The normalized spacial score (nSPS) is 10.0. The number of hydrogen-bond donors (Lipinski definition) is 1. The van der Waals surface area contributed by atoms with E-state index < -0.39 is 11.7 Å². The minimum absolute atomic E-state index is 0.167. The topological polar surface area (TPSA) is 46.2 Å². The highest BCUT2D eigenvalue weighted by molar-refractivity contribution is 6.18. The Kier molecular flexibility index (Phi) is 5.63. The third-order valence-corrected chi connectivity index (χ3v) is 2.32. The monoisotopic (exact) mass is 257 g/mol. The molecule has 0 atom stereocenters. The molecule has 0 aromatic heterocycles. The second kappa shape index (κ2) is 7.01. The largest absolute Gasteiger partial charge is 0.326 e. The molecule has 0 bridgehead atoms. The molecule has 1 rings (SSSR count). The molecule has 0 spiro atoms. The number of benzene rings is 1. The summed E-state index contributed by atoms with van der Waals surface area (Å²) in [5.41, 5.74) is 0.347. The predicted molar refractivity (Wildman–Crippen MR) is 64.6 cm³/mol. The molecule has 0 fully saturated rings. The van der Waals surface area contributed by atoms with Crippen LogP contribution in [-0.4, -0.2) is 17.6 Å². The van der Waals surface area contributed by atoms with Gasteiger partial charge in [0.1, 0.15) is 11.6 Å². The van der Waals surface area contributed by atoms with Crippen LogP contribution in [0.4, 0.5) is 10.1 Å². The number of nitrogens with one attached hydrogen (secondary N) is 1. The maximum atomic E-state index is 12.8. The van der Waals surface area contributed by atoms with Crippen LogP contribution in [0.3, 0.4) is 0 Å². The van der Waals surface area contributed by atoms with Crippen molar-refractivity contribution in [1.82, 2.24) is 0 Å². The first-order chi connectivity index (χ1) is 8.11. The van der Waals surface area contributed by atoms with Crippen LogP contribution < -0.4 is 5.32 Å². The van der Waals surface area contributed by atoms with E-state index in [1.54, 1.807) is 6.07 Å². The summed E-state index contributed by atoms with van der Waals surface area (Å²) in [6.45, 7) is 0. The number of carbonyl (C=O) groups is 2. The Labute approximate surface area is 104 Å². The van der Waals surface area contributed by atoms with Crippen LogP contribution in [0, 0.1) is 5.82 Å². The van der Waals surface area contributed by atoms with Gasteiger partial charge in [-0.1, -0.05) is 6.07 Å². The Morgan fingerprint density at radius 2 is 2.12 bits per heavy atom. The average molecular weight is 258 g/mol. The first kappa shape index (κ1) is 13.6. The Morgan fingerprint density at radius 1 is 1.35 bits per heavy atom. The molecule has 0 aliphatic heterocycles. The van der Waals surface area contributed by atoms with Gasteiger partial charge in [0, 0.05) is 18.0 Å². The van der Waals surface area contributed by atoms with E-state index in [1.807, 2.05) is 0 Å². The standard InChI is InChI=1S/C12H13ClFNO2/c13-6-2-5-11(16)8-12(17)15-10-4-1-3-9(14)7-10/h1,3-4,7H,2,5-6,8H2,(H,15,17). The predicted octanol–water partition coefficient (Wildman–Crippen LogP) is 2.74. The zero-order valence-electron chi connectivity index (χ0n) is 9.21. The Bertz CT molecular complexity index is 409. The van der Waals surface area contributed by atoms with Gasteiger partial charge in [0.05, 0.1) is 6.42 Å². The molecule has 0 saturated carbocycles. The molecule has 0 saturated heterocycles. The second-order valence-electron chi connectivity index (χ2n) is 3.57. The number of amides is 1. The molecule has 1 aromatic carbocycles. The zero-order chi connectivity index (χ0) is 12.7. The molecular formula is C12H13ClFNO2. The van der Waals surface area contributed by atoms with Gasteiger partial charge in [-0.25, -0.2) is 4.39 Å². The van der Waals surface area contributed by atoms with Crippen LogP contribution in [0.25, 0.3) is 0 Å². The molecule has 0 radical (unpaired) electrons. The van der Waals surface area contributed by atoms with Gasteiger partial charge in [-0.15, -0.1) is 11.6 Å². The summed E-state index contributed by atoms with van der Waals surface area (Å²) in [7, 11) is 0. The lowest BCUT2D eigenvalue weighted by Crippen LogP contribution is -2.16. The average Bonchev–Trinajstić information content (AvgIpc) is 2.26. The number of halogens is 2. The van der Waals surface area contributed by atoms with Gasteiger partial charge in [-0.3, -0.25) is 9.59 Å². The van der Waals surface area contributed by atoms with E-state index in [-0.39, 0.29) is 12.2 Å². The summed E-state index contributed by atoms with van der Waals surface area (Å²) >= 11 is 5.43. The lowest BCUT2D eigenvalue weighted by molar-refractivity contribution is -0.125. The summed E-state index contributed by atoms with van der Waals surface area (Å²) in [6, 6.07) is 5.52. The molecule has 1 aromatic rings. The lowest BCUT2D eigenvalue weighted by Gasteiger charge is -2.04. The van der Waals surface area contributed by atoms with Crippen molar-refractivity contribution in [3.8, 4) is 0 Å². The number of ketones is 1. The highest BCUT2D eigenvalue weighted by Gasteiger charge is 2.09. The quantitative estimate of drug-likeness (QED) is 0.629. The van der Waals surface area contributed by atoms with Gasteiger partial charge in [-0.05, 0) is 24.6 Å². The van der Waals surface area contributed by atoms with Crippen molar-refractivity contribution in [3.05, 3.63) is 30.1 Å². The summed E-state index contributed by atoms with van der Waals surface area (Å²) in [5.74, 6) is -0.636. The minimum Gasteiger partial charge on any atom is -0.326 e. The number of Topliss-reactive ketones (excluding diaryl/α,β-unsaturated/α-hetero) is 1. The molecule has 1 N–H and O–H groups in total. The number of alkyl halides is 1. The van der Waals surface area contributed by atoms with E-state index >= 15 is 0 Å². The fourth-order valence-corrected chi connectivity index (χ4v) is 1.44. The smallest absolute Gasteiger partial charge is 0.231 e. The number of carbonyl (C=O) groups excluding carboxylic acids is 2. The van der Waals surface area contributed by atoms with Crippen LogP contribution in [0.15, 0.2) is 24.3 Å². The summed E-state index contributed by atoms with van der Waals surface area (Å²) < 4.78 is 12.8. The first-order valence-electron chi connectivity index (χ1n) is 5.25. The molecule has 1 amide bonds. The van der Waals surface area contributed by atoms with Crippen LogP contribution in [-0.2, 0) is 9.59 Å². The van der Waals surface area contributed by atoms with Crippen molar-refractivity contribution in [2.75, 3.05) is 11.2 Å². The summed E-state index contributed by atoms with van der Waals surface area (Å²) in [5, 5.41) is 2.46. The molecular weight excluding hydrogens is 245 g/mol. The van der Waals surface area contributed by atoms with Crippen molar-refractivity contribution >= 4 is 29.0 Å². The third-order valence-electron chi connectivity index (χ3n) is 2.06. The molecule has 92 valence electrons. The summed E-state index contributed by atoms with van der Waals surface area (Å²) in [6.07, 6.45) is 0.654. The van der Waals surface area contributed by atoms with Gasteiger partial charge in [0.2, 0.25) is 5.91 Å². The zero-order valence-corrected chi connectivity index (χ0v) is 9.97. The van der Waals surface area contributed by atoms with Crippen LogP contribution in [0.5, 0.6) is 0 Å². The van der Waals surface area contributed by atoms with Gasteiger partial charge in [0.15, 0.2) is 0 Å². The fourth-order valence-electron chi connectivity index (χ4n) is 1.30.